The molecule has 2 aromatic carbocycles. The highest BCUT2D eigenvalue weighted by atomic mass is 16.2. The standard InChI is InChI=1S/C23H28N2O2/c1-5-17-8-7-9-18(6-2)22(17)25-14-19(13-21(25)26)23(27)24-20-12-15(3)10-11-16(20)4/h7-12,19H,5-6,13-14H2,1-4H3,(H,24,27)/t19-/m0/s1. The first-order chi connectivity index (χ1) is 12.9. The highest BCUT2D eigenvalue weighted by Gasteiger charge is 2.36. The van der Waals surface area contributed by atoms with Crippen LogP contribution in [-0.4, -0.2) is 18.4 Å². The minimum atomic E-state index is -0.327. The lowest BCUT2D eigenvalue weighted by Gasteiger charge is -2.23. The van der Waals surface area contributed by atoms with Gasteiger partial charge in [0, 0.05) is 24.3 Å². The molecule has 1 aliphatic rings. The normalized spacial score (nSPS) is 16.7. The average Bonchev–Trinajstić information content (AvgIpc) is 3.05. The zero-order valence-electron chi connectivity index (χ0n) is 16.6. The lowest BCUT2D eigenvalue weighted by atomic mass is 10.0. The molecule has 4 nitrogen and oxygen atoms in total. The molecule has 4 heteroatoms. The molecule has 1 saturated heterocycles. The van der Waals surface area contributed by atoms with Crippen molar-refractivity contribution in [3.63, 3.8) is 0 Å². The Balaban J connectivity index is 1.82. The second-order valence-corrected chi connectivity index (χ2v) is 7.34. The summed E-state index contributed by atoms with van der Waals surface area (Å²) in [6.45, 7) is 8.63. The quantitative estimate of drug-likeness (QED) is 0.854. The average molecular weight is 364 g/mol. The van der Waals surface area contributed by atoms with Crippen molar-refractivity contribution >= 4 is 23.2 Å². The van der Waals surface area contributed by atoms with E-state index in [1.54, 1.807) is 0 Å². The first-order valence-electron chi connectivity index (χ1n) is 9.73. The van der Waals surface area contributed by atoms with Crippen molar-refractivity contribution < 1.29 is 9.59 Å². The summed E-state index contributed by atoms with van der Waals surface area (Å²) in [6.07, 6.45) is 2.00. The van der Waals surface area contributed by atoms with E-state index in [1.165, 1.54) is 11.1 Å². The third-order valence-electron chi connectivity index (χ3n) is 5.38. The molecule has 0 saturated carbocycles. The smallest absolute Gasteiger partial charge is 0.229 e. The maximum Gasteiger partial charge on any atom is 0.229 e. The number of hydrogen-bond donors (Lipinski definition) is 1. The number of carbonyl (C=O) groups is 2. The maximum absolute atomic E-state index is 12.8. The van der Waals surface area contributed by atoms with Crippen molar-refractivity contribution in [3.05, 3.63) is 58.7 Å². The van der Waals surface area contributed by atoms with Gasteiger partial charge in [-0.3, -0.25) is 9.59 Å². The minimum Gasteiger partial charge on any atom is -0.326 e. The predicted octanol–water partition coefficient (Wildman–Crippen LogP) is 4.42. The fraction of sp³-hybridized carbons (Fsp3) is 0.391. The van der Waals surface area contributed by atoms with Gasteiger partial charge in [-0.15, -0.1) is 0 Å². The Morgan fingerprint density at radius 2 is 1.78 bits per heavy atom. The highest BCUT2D eigenvalue weighted by molar-refractivity contribution is 6.04. The first kappa shape index (κ1) is 19.2. The fourth-order valence-electron chi connectivity index (χ4n) is 3.77. The Morgan fingerprint density at radius 3 is 2.41 bits per heavy atom. The summed E-state index contributed by atoms with van der Waals surface area (Å²) >= 11 is 0. The van der Waals surface area contributed by atoms with E-state index in [-0.39, 0.29) is 24.2 Å². The van der Waals surface area contributed by atoms with Gasteiger partial charge in [0.15, 0.2) is 0 Å². The summed E-state index contributed by atoms with van der Waals surface area (Å²) in [6, 6.07) is 12.2. The molecule has 1 fully saturated rings. The summed E-state index contributed by atoms with van der Waals surface area (Å²) < 4.78 is 0. The summed E-state index contributed by atoms with van der Waals surface area (Å²) in [4.78, 5) is 27.4. The molecular weight excluding hydrogens is 336 g/mol. The Labute approximate surface area is 161 Å². The van der Waals surface area contributed by atoms with Gasteiger partial charge in [-0.1, -0.05) is 44.2 Å². The van der Waals surface area contributed by atoms with Gasteiger partial charge >= 0.3 is 0 Å². The van der Waals surface area contributed by atoms with Crippen molar-refractivity contribution in [1.82, 2.24) is 0 Å². The van der Waals surface area contributed by atoms with Crippen LogP contribution in [-0.2, 0) is 22.4 Å². The number of rotatable bonds is 5. The van der Waals surface area contributed by atoms with Gasteiger partial charge in [0.1, 0.15) is 0 Å². The molecule has 1 atom stereocenters. The van der Waals surface area contributed by atoms with Crippen LogP contribution in [0.5, 0.6) is 0 Å². The minimum absolute atomic E-state index is 0.0340. The number of hydrogen-bond acceptors (Lipinski definition) is 2. The predicted molar refractivity (Wildman–Crippen MR) is 110 cm³/mol. The lowest BCUT2D eigenvalue weighted by Crippen LogP contribution is -2.29. The third-order valence-corrected chi connectivity index (χ3v) is 5.38. The molecule has 1 N–H and O–H groups in total. The molecule has 2 aromatic rings. The summed E-state index contributed by atoms with van der Waals surface area (Å²) in [5.41, 5.74) is 6.30. The maximum atomic E-state index is 12.8. The number of benzene rings is 2. The molecule has 0 bridgehead atoms. The third kappa shape index (κ3) is 3.90. The van der Waals surface area contributed by atoms with E-state index in [0.29, 0.717) is 6.54 Å². The van der Waals surface area contributed by atoms with Crippen molar-refractivity contribution in [2.45, 2.75) is 47.0 Å². The number of anilines is 2. The van der Waals surface area contributed by atoms with Crippen LogP contribution in [0.25, 0.3) is 0 Å². The highest BCUT2D eigenvalue weighted by Crippen LogP contribution is 2.33. The molecule has 27 heavy (non-hydrogen) atoms. The summed E-state index contributed by atoms with van der Waals surface area (Å²) in [5, 5.41) is 3.02. The molecule has 0 radical (unpaired) electrons. The summed E-state index contributed by atoms with van der Waals surface area (Å²) in [5.74, 6) is -0.370. The zero-order valence-corrected chi connectivity index (χ0v) is 16.6. The van der Waals surface area contributed by atoms with E-state index < -0.39 is 0 Å². The van der Waals surface area contributed by atoms with Crippen LogP contribution < -0.4 is 10.2 Å². The molecule has 1 aliphatic heterocycles. The lowest BCUT2D eigenvalue weighted by molar-refractivity contribution is -0.122. The van der Waals surface area contributed by atoms with Crippen molar-refractivity contribution in [3.8, 4) is 0 Å². The molecule has 142 valence electrons. The van der Waals surface area contributed by atoms with Gasteiger partial charge in [-0.05, 0) is 55.0 Å². The molecular formula is C23H28N2O2. The molecule has 0 aliphatic carbocycles. The molecule has 2 amide bonds. The molecule has 0 unspecified atom stereocenters. The molecule has 0 aromatic heterocycles. The molecule has 1 heterocycles. The number of para-hydroxylation sites is 1. The van der Waals surface area contributed by atoms with Crippen molar-refractivity contribution in [2.24, 2.45) is 5.92 Å². The van der Waals surface area contributed by atoms with Gasteiger partial charge in [-0.2, -0.15) is 0 Å². The van der Waals surface area contributed by atoms with Crippen LogP contribution in [0.4, 0.5) is 11.4 Å². The number of aryl methyl sites for hydroxylation is 4. The van der Waals surface area contributed by atoms with E-state index in [4.69, 9.17) is 0 Å². The van der Waals surface area contributed by atoms with E-state index in [0.717, 1.165) is 35.3 Å². The van der Waals surface area contributed by atoms with Gasteiger partial charge < -0.3 is 10.2 Å². The Hall–Kier alpha value is -2.62. The van der Waals surface area contributed by atoms with Gasteiger partial charge in [0.05, 0.1) is 5.92 Å². The number of nitrogens with one attached hydrogen (secondary N) is 1. The molecule has 3 rings (SSSR count). The fourth-order valence-corrected chi connectivity index (χ4v) is 3.77. The Kier molecular flexibility index (Phi) is 5.64. The van der Waals surface area contributed by atoms with E-state index in [2.05, 4.69) is 31.3 Å². The van der Waals surface area contributed by atoms with Gasteiger partial charge in [0.2, 0.25) is 11.8 Å². The topological polar surface area (TPSA) is 49.4 Å². The van der Waals surface area contributed by atoms with Crippen molar-refractivity contribution in [1.29, 1.82) is 0 Å². The number of nitrogens with zero attached hydrogens (tertiary/aromatic N) is 1. The number of carbonyl (C=O) groups excluding carboxylic acids is 2. The Morgan fingerprint density at radius 1 is 1.11 bits per heavy atom. The van der Waals surface area contributed by atoms with E-state index in [9.17, 15) is 9.59 Å². The SMILES string of the molecule is CCc1cccc(CC)c1N1C[C@@H](C(=O)Nc2cc(C)ccc2C)CC1=O. The summed E-state index contributed by atoms with van der Waals surface area (Å²) in [7, 11) is 0. The zero-order chi connectivity index (χ0) is 19.6. The van der Waals surface area contributed by atoms with E-state index >= 15 is 0 Å². The van der Waals surface area contributed by atoms with Crippen LogP contribution >= 0.6 is 0 Å². The monoisotopic (exact) mass is 364 g/mol. The number of amides is 2. The Bertz CT molecular complexity index is 850. The van der Waals surface area contributed by atoms with Crippen LogP contribution in [0.15, 0.2) is 36.4 Å². The van der Waals surface area contributed by atoms with Crippen LogP contribution in [0, 0.1) is 19.8 Å². The first-order valence-corrected chi connectivity index (χ1v) is 9.73. The van der Waals surface area contributed by atoms with Crippen molar-refractivity contribution in [2.75, 3.05) is 16.8 Å². The van der Waals surface area contributed by atoms with Crippen LogP contribution in [0.2, 0.25) is 0 Å². The van der Waals surface area contributed by atoms with Gasteiger partial charge in [0.25, 0.3) is 0 Å². The van der Waals surface area contributed by atoms with Crippen LogP contribution in [0.1, 0.15) is 42.5 Å². The largest absolute Gasteiger partial charge is 0.326 e. The van der Waals surface area contributed by atoms with Crippen LogP contribution in [0.3, 0.4) is 0 Å². The molecule has 0 spiro atoms. The van der Waals surface area contributed by atoms with Gasteiger partial charge in [-0.25, -0.2) is 0 Å². The second-order valence-electron chi connectivity index (χ2n) is 7.34. The second kappa shape index (κ2) is 7.95. The van der Waals surface area contributed by atoms with E-state index in [1.807, 2.05) is 43.0 Å².